The predicted molar refractivity (Wildman–Crippen MR) is 109 cm³/mol. The number of anilines is 1. The average Bonchev–Trinajstić information content (AvgIpc) is 3.21. The van der Waals surface area contributed by atoms with Crippen molar-refractivity contribution >= 4 is 22.8 Å². The molecule has 0 radical (unpaired) electrons. The van der Waals surface area contributed by atoms with Gasteiger partial charge in [0.2, 0.25) is 5.91 Å². The molecule has 1 saturated heterocycles. The normalized spacial score (nSPS) is 16.8. The second-order valence-corrected chi connectivity index (χ2v) is 7.21. The molecular formula is C21H25N5O3. The summed E-state index contributed by atoms with van der Waals surface area (Å²) in [5.74, 6) is 1.56. The average molecular weight is 395 g/mol. The first kappa shape index (κ1) is 19.2. The molecule has 1 fully saturated rings. The van der Waals surface area contributed by atoms with Crippen LogP contribution < -0.4 is 15.0 Å². The number of aryl methyl sites for hydroxylation is 1. The molecule has 0 aliphatic carbocycles. The van der Waals surface area contributed by atoms with E-state index >= 15 is 0 Å². The molecule has 0 unspecified atom stereocenters. The van der Waals surface area contributed by atoms with Gasteiger partial charge in [0, 0.05) is 19.6 Å². The number of rotatable bonds is 6. The van der Waals surface area contributed by atoms with Gasteiger partial charge in [0.15, 0.2) is 0 Å². The number of nitrogens with zero attached hydrogens (tertiary/aromatic N) is 4. The Morgan fingerprint density at radius 3 is 3.10 bits per heavy atom. The summed E-state index contributed by atoms with van der Waals surface area (Å²) in [4.78, 5) is 23.6. The van der Waals surface area contributed by atoms with Crippen molar-refractivity contribution < 1.29 is 14.1 Å². The molecule has 3 heterocycles. The number of ether oxygens (including phenoxy) is 1. The smallest absolute Gasteiger partial charge is 0.263 e. The van der Waals surface area contributed by atoms with Crippen molar-refractivity contribution in [3.63, 3.8) is 0 Å². The molecule has 4 rings (SSSR count). The standard InChI is InChI=1S/C21H25N5O3/c1-3-17-18-19(23-13-24-21(18)29-25-17)26-9-5-7-15(12-26)20(27)22-11-14-6-4-8-16(10-14)28-2/h4,6,8,10,13,15H,3,5,7,9,11-12H2,1-2H3,(H,22,27)/t15-/m0/s1. The van der Waals surface area contributed by atoms with Crippen molar-refractivity contribution in [3.8, 4) is 5.75 Å². The highest BCUT2D eigenvalue weighted by molar-refractivity contribution is 5.88. The Labute approximate surface area is 169 Å². The Hall–Kier alpha value is -3.16. The summed E-state index contributed by atoms with van der Waals surface area (Å²) in [7, 11) is 1.64. The maximum atomic E-state index is 12.8. The topological polar surface area (TPSA) is 93.4 Å². The summed E-state index contributed by atoms with van der Waals surface area (Å²) < 4.78 is 10.6. The minimum Gasteiger partial charge on any atom is -0.497 e. The van der Waals surface area contributed by atoms with Crippen LogP contribution in [0.5, 0.6) is 5.75 Å². The fourth-order valence-electron chi connectivity index (χ4n) is 3.81. The zero-order valence-corrected chi connectivity index (χ0v) is 16.7. The van der Waals surface area contributed by atoms with E-state index in [1.165, 1.54) is 6.33 Å². The molecule has 1 N–H and O–H groups in total. The van der Waals surface area contributed by atoms with Crippen LogP contribution in [0, 0.1) is 5.92 Å². The first-order valence-electron chi connectivity index (χ1n) is 9.94. The van der Waals surface area contributed by atoms with Gasteiger partial charge in [0.1, 0.15) is 23.3 Å². The molecule has 1 amide bonds. The van der Waals surface area contributed by atoms with Gasteiger partial charge in [-0.2, -0.15) is 4.98 Å². The fraction of sp³-hybridized carbons (Fsp3) is 0.429. The van der Waals surface area contributed by atoms with Gasteiger partial charge in [-0.15, -0.1) is 0 Å². The SMILES string of the molecule is CCc1noc2ncnc(N3CCC[C@H](C(=O)NCc4cccc(OC)c4)C3)c12. The van der Waals surface area contributed by atoms with E-state index in [1.807, 2.05) is 31.2 Å². The first-order chi connectivity index (χ1) is 14.2. The lowest BCUT2D eigenvalue weighted by molar-refractivity contribution is -0.125. The third kappa shape index (κ3) is 4.01. The van der Waals surface area contributed by atoms with E-state index in [4.69, 9.17) is 9.26 Å². The molecule has 0 saturated carbocycles. The Kier molecular flexibility index (Phi) is 5.59. The highest BCUT2D eigenvalue weighted by atomic mass is 16.5. The van der Waals surface area contributed by atoms with Gasteiger partial charge in [-0.3, -0.25) is 4.79 Å². The Morgan fingerprint density at radius 2 is 2.28 bits per heavy atom. The molecule has 1 aromatic carbocycles. The van der Waals surface area contributed by atoms with Gasteiger partial charge in [-0.1, -0.05) is 24.2 Å². The predicted octanol–water partition coefficient (Wildman–Crippen LogP) is 2.72. The number of carbonyl (C=O) groups excluding carboxylic acids is 1. The van der Waals surface area contributed by atoms with Gasteiger partial charge in [0.05, 0.1) is 18.7 Å². The van der Waals surface area contributed by atoms with Crippen LogP contribution in [0.25, 0.3) is 11.1 Å². The van der Waals surface area contributed by atoms with E-state index in [2.05, 4.69) is 25.3 Å². The molecule has 152 valence electrons. The molecule has 0 spiro atoms. The second-order valence-electron chi connectivity index (χ2n) is 7.21. The molecule has 1 aliphatic rings. The van der Waals surface area contributed by atoms with Crippen LogP contribution in [0.4, 0.5) is 5.82 Å². The molecule has 2 aromatic heterocycles. The molecule has 8 heteroatoms. The van der Waals surface area contributed by atoms with E-state index in [0.717, 1.165) is 54.0 Å². The third-order valence-corrected chi connectivity index (χ3v) is 5.35. The van der Waals surface area contributed by atoms with Crippen LogP contribution in [0.15, 0.2) is 35.1 Å². The van der Waals surface area contributed by atoms with Crippen molar-refractivity contribution in [2.75, 3.05) is 25.1 Å². The number of benzene rings is 1. The summed E-state index contributed by atoms with van der Waals surface area (Å²) >= 11 is 0. The number of fused-ring (bicyclic) bond motifs is 1. The molecule has 0 bridgehead atoms. The highest BCUT2D eigenvalue weighted by Crippen LogP contribution is 2.30. The summed E-state index contributed by atoms with van der Waals surface area (Å²) in [5.41, 5.74) is 2.36. The number of nitrogens with one attached hydrogen (secondary N) is 1. The lowest BCUT2D eigenvalue weighted by atomic mass is 9.96. The van der Waals surface area contributed by atoms with E-state index in [1.54, 1.807) is 7.11 Å². The van der Waals surface area contributed by atoms with Crippen LogP contribution in [0.3, 0.4) is 0 Å². The van der Waals surface area contributed by atoms with Gasteiger partial charge in [0.25, 0.3) is 5.71 Å². The monoisotopic (exact) mass is 395 g/mol. The molecular weight excluding hydrogens is 370 g/mol. The van der Waals surface area contributed by atoms with Crippen molar-refractivity contribution in [1.82, 2.24) is 20.4 Å². The van der Waals surface area contributed by atoms with Gasteiger partial charge < -0.3 is 19.5 Å². The molecule has 8 nitrogen and oxygen atoms in total. The largest absolute Gasteiger partial charge is 0.497 e. The Bertz CT molecular complexity index is 1000. The van der Waals surface area contributed by atoms with Crippen molar-refractivity contribution in [2.45, 2.75) is 32.7 Å². The number of aromatic nitrogens is 3. The van der Waals surface area contributed by atoms with E-state index < -0.39 is 0 Å². The Balaban J connectivity index is 1.46. The number of hydrogen-bond donors (Lipinski definition) is 1. The maximum absolute atomic E-state index is 12.8. The quantitative estimate of drug-likeness (QED) is 0.686. The number of methoxy groups -OCH3 is 1. The number of piperidine rings is 1. The number of amides is 1. The van der Waals surface area contributed by atoms with Crippen LogP contribution in [-0.4, -0.2) is 41.2 Å². The number of hydrogen-bond acceptors (Lipinski definition) is 7. The third-order valence-electron chi connectivity index (χ3n) is 5.35. The van der Waals surface area contributed by atoms with Crippen LogP contribution in [0.1, 0.15) is 31.0 Å². The summed E-state index contributed by atoms with van der Waals surface area (Å²) in [5, 5.41) is 8.02. The minimum absolute atomic E-state index is 0.0591. The van der Waals surface area contributed by atoms with Crippen molar-refractivity contribution in [2.24, 2.45) is 5.92 Å². The first-order valence-corrected chi connectivity index (χ1v) is 9.94. The van der Waals surface area contributed by atoms with Crippen LogP contribution >= 0.6 is 0 Å². The molecule has 1 aliphatic heterocycles. The fourth-order valence-corrected chi connectivity index (χ4v) is 3.81. The van der Waals surface area contributed by atoms with E-state index in [-0.39, 0.29) is 11.8 Å². The lowest BCUT2D eigenvalue weighted by Gasteiger charge is -2.33. The van der Waals surface area contributed by atoms with Gasteiger partial charge in [-0.25, -0.2) is 4.98 Å². The maximum Gasteiger partial charge on any atom is 0.263 e. The second kappa shape index (κ2) is 8.46. The zero-order chi connectivity index (χ0) is 20.2. The molecule has 29 heavy (non-hydrogen) atoms. The summed E-state index contributed by atoms with van der Waals surface area (Å²) in [6, 6.07) is 7.73. The van der Waals surface area contributed by atoms with Crippen molar-refractivity contribution in [3.05, 3.63) is 41.9 Å². The van der Waals surface area contributed by atoms with Crippen LogP contribution in [-0.2, 0) is 17.8 Å². The Morgan fingerprint density at radius 1 is 1.38 bits per heavy atom. The minimum atomic E-state index is -0.0932. The molecule has 3 aromatic rings. The number of carbonyl (C=O) groups is 1. The van der Waals surface area contributed by atoms with Gasteiger partial charge >= 0.3 is 0 Å². The van der Waals surface area contributed by atoms with Crippen LogP contribution in [0.2, 0.25) is 0 Å². The summed E-state index contributed by atoms with van der Waals surface area (Å²) in [6.45, 7) is 3.97. The lowest BCUT2D eigenvalue weighted by Crippen LogP contribution is -2.43. The van der Waals surface area contributed by atoms with Crippen molar-refractivity contribution in [1.29, 1.82) is 0 Å². The van der Waals surface area contributed by atoms with E-state index in [9.17, 15) is 4.79 Å². The van der Waals surface area contributed by atoms with E-state index in [0.29, 0.717) is 18.8 Å². The summed E-state index contributed by atoms with van der Waals surface area (Å²) in [6.07, 6.45) is 4.02. The highest BCUT2D eigenvalue weighted by Gasteiger charge is 2.28. The van der Waals surface area contributed by atoms with Gasteiger partial charge in [-0.05, 0) is 37.0 Å². The molecule has 1 atom stereocenters. The zero-order valence-electron chi connectivity index (χ0n) is 16.7.